The fourth-order valence-electron chi connectivity index (χ4n) is 4.51. The van der Waals surface area contributed by atoms with Gasteiger partial charge in [0.2, 0.25) is 0 Å². The number of carbonyl (C=O) groups excluding carboxylic acids is 2. The van der Waals surface area contributed by atoms with Gasteiger partial charge >= 0.3 is 0 Å². The Bertz CT molecular complexity index is 1160. The molecule has 3 aromatic carbocycles. The van der Waals surface area contributed by atoms with Gasteiger partial charge in [-0.05, 0) is 73.7 Å². The third-order valence-electron chi connectivity index (χ3n) is 6.58. The molecular formula is C32H40FN3O3. The lowest BCUT2D eigenvalue weighted by molar-refractivity contribution is 0.0755. The van der Waals surface area contributed by atoms with Crippen molar-refractivity contribution in [2.45, 2.75) is 51.7 Å². The highest BCUT2D eigenvalue weighted by Gasteiger charge is 2.23. The van der Waals surface area contributed by atoms with Gasteiger partial charge in [0, 0.05) is 30.8 Å². The van der Waals surface area contributed by atoms with Crippen molar-refractivity contribution >= 4 is 11.8 Å². The minimum atomic E-state index is -0.850. The van der Waals surface area contributed by atoms with E-state index in [-0.39, 0.29) is 24.2 Å². The van der Waals surface area contributed by atoms with Gasteiger partial charge in [-0.25, -0.2) is 4.39 Å². The van der Waals surface area contributed by atoms with Crippen LogP contribution in [0.25, 0.3) is 0 Å². The number of rotatable bonds is 15. The molecule has 0 spiro atoms. The quantitative estimate of drug-likeness (QED) is 0.249. The number of aliphatic hydroxyl groups excluding tert-OH is 1. The number of aliphatic hydroxyl groups is 1. The second kappa shape index (κ2) is 15.8. The average Bonchev–Trinajstić information content (AvgIpc) is 2.96. The Hall–Kier alpha value is -3.55. The molecular weight excluding hydrogens is 493 g/mol. The minimum absolute atomic E-state index is 0.0837. The van der Waals surface area contributed by atoms with Crippen LogP contribution in [0.3, 0.4) is 0 Å². The third kappa shape index (κ3) is 9.61. The zero-order valence-electron chi connectivity index (χ0n) is 22.9. The number of carbonyl (C=O) groups is 2. The first kappa shape index (κ1) is 30.0. The Kier molecular flexibility index (Phi) is 12.1. The standard InChI is InChI=1S/C32H40FN3O3/c1-3-19-36(20-4-2)32(39)27-12-8-11-26(22-27)31(38)35-29(21-25-9-6-5-7-10-25)30(37)23-34-18-17-24-13-15-28(33)16-14-24/h5-16,22,29-30,34,37H,3-4,17-21,23H2,1-2H3,(H,35,38)/t29-,30+/m0/s1. The summed E-state index contributed by atoms with van der Waals surface area (Å²) in [7, 11) is 0. The summed E-state index contributed by atoms with van der Waals surface area (Å²) < 4.78 is 13.1. The molecule has 0 aliphatic rings. The van der Waals surface area contributed by atoms with E-state index in [1.54, 1.807) is 36.4 Å². The predicted octanol–water partition coefficient (Wildman–Crippen LogP) is 4.62. The molecule has 39 heavy (non-hydrogen) atoms. The first-order valence-corrected chi connectivity index (χ1v) is 13.8. The molecule has 0 radical (unpaired) electrons. The van der Waals surface area contributed by atoms with Crippen LogP contribution in [0.2, 0.25) is 0 Å². The molecule has 0 saturated carbocycles. The molecule has 0 unspecified atom stereocenters. The number of hydrogen-bond acceptors (Lipinski definition) is 4. The van der Waals surface area contributed by atoms with E-state index in [9.17, 15) is 19.1 Å². The summed E-state index contributed by atoms with van der Waals surface area (Å²) in [5, 5.41) is 17.3. The summed E-state index contributed by atoms with van der Waals surface area (Å²) in [6.45, 7) is 6.29. The molecule has 0 aliphatic heterocycles. The van der Waals surface area contributed by atoms with E-state index in [2.05, 4.69) is 10.6 Å². The molecule has 3 N–H and O–H groups in total. The smallest absolute Gasteiger partial charge is 0.253 e. The number of amides is 2. The number of nitrogens with zero attached hydrogens (tertiary/aromatic N) is 1. The van der Waals surface area contributed by atoms with Crippen molar-refractivity contribution in [1.29, 1.82) is 0 Å². The van der Waals surface area contributed by atoms with E-state index in [0.717, 1.165) is 24.0 Å². The molecule has 208 valence electrons. The average molecular weight is 534 g/mol. The SMILES string of the molecule is CCCN(CCC)C(=O)c1cccc(C(=O)N[C@@H](Cc2ccccc2)[C@H](O)CNCCc2ccc(F)cc2)c1. The summed E-state index contributed by atoms with van der Waals surface area (Å²) in [4.78, 5) is 28.2. The maximum Gasteiger partial charge on any atom is 0.253 e. The first-order chi connectivity index (χ1) is 18.9. The molecule has 3 aromatic rings. The van der Waals surface area contributed by atoms with Gasteiger partial charge < -0.3 is 20.6 Å². The Morgan fingerprint density at radius 1 is 0.872 bits per heavy atom. The summed E-state index contributed by atoms with van der Waals surface area (Å²) in [5.74, 6) is -0.691. The van der Waals surface area contributed by atoms with Crippen LogP contribution in [0, 0.1) is 5.82 Å². The van der Waals surface area contributed by atoms with Crippen molar-refractivity contribution in [2.24, 2.45) is 0 Å². The molecule has 0 heterocycles. The maximum absolute atomic E-state index is 13.3. The molecule has 7 heteroatoms. The lowest BCUT2D eigenvalue weighted by atomic mass is 10.00. The van der Waals surface area contributed by atoms with E-state index in [1.807, 2.05) is 49.1 Å². The predicted molar refractivity (Wildman–Crippen MR) is 153 cm³/mol. The van der Waals surface area contributed by atoms with E-state index >= 15 is 0 Å². The van der Waals surface area contributed by atoms with Crippen LogP contribution in [0.4, 0.5) is 4.39 Å². The zero-order valence-corrected chi connectivity index (χ0v) is 22.9. The van der Waals surface area contributed by atoms with E-state index in [4.69, 9.17) is 0 Å². The van der Waals surface area contributed by atoms with Gasteiger partial charge in [0.25, 0.3) is 11.8 Å². The normalized spacial score (nSPS) is 12.5. The van der Waals surface area contributed by atoms with Gasteiger partial charge in [0.05, 0.1) is 12.1 Å². The lowest BCUT2D eigenvalue weighted by Gasteiger charge is -2.25. The molecule has 2 atom stereocenters. The third-order valence-corrected chi connectivity index (χ3v) is 6.58. The molecule has 0 bridgehead atoms. The number of halogens is 1. The van der Waals surface area contributed by atoms with Crippen LogP contribution in [0.5, 0.6) is 0 Å². The number of nitrogens with one attached hydrogen (secondary N) is 2. The second-order valence-corrected chi connectivity index (χ2v) is 9.79. The molecule has 0 fully saturated rings. The maximum atomic E-state index is 13.3. The van der Waals surface area contributed by atoms with Crippen molar-refractivity contribution < 1.29 is 19.1 Å². The number of benzene rings is 3. The van der Waals surface area contributed by atoms with Crippen molar-refractivity contribution in [3.05, 3.63) is 107 Å². The van der Waals surface area contributed by atoms with Gasteiger partial charge in [-0.15, -0.1) is 0 Å². The largest absolute Gasteiger partial charge is 0.390 e. The van der Waals surface area contributed by atoms with Gasteiger partial charge in [-0.1, -0.05) is 62.4 Å². The molecule has 0 aliphatic carbocycles. The van der Waals surface area contributed by atoms with Gasteiger partial charge in [0.1, 0.15) is 5.82 Å². The Morgan fingerprint density at radius 2 is 1.54 bits per heavy atom. The first-order valence-electron chi connectivity index (χ1n) is 13.8. The fourth-order valence-corrected chi connectivity index (χ4v) is 4.51. The van der Waals surface area contributed by atoms with Crippen molar-refractivity contribution in [3.63, 3.8) is 0 Å². The van der Waals surface area contributed by atoms with Gasteiger partial charge in [0.15, 0.2) is 0 Å². The molecule has 3 rings (SSSR count). The molecule has 2 amide bonds. The highest BCUT2D eigenvalue weighted by Crippen LogP contribution is 2.12. The van der Waals surface area contributed by atoms with Crippen LogP contribution in [0.15, 0.2) is 78.9 Å². The van der Waals surface area contributed by atoms with Crippen molar-refractivity contribution in [1.82, 2.24) is 15.5 Å². The zero-order chi connectivity index (χ0) is 28.0. The van der Waals surface area contributed by atoms with E-state index in [0.29, 0.717) is 43.6 Å². The van der Waals surface area contributed by atoms with Crippen LogP contribution in [0.1, 0.15) is 58.5 Å². The topological polar surface area (TPSA) is 81.7 Å². The molecule has 0 aromatic heterocycles. The fraction of sp³-hybridized carbons (Fsp3) is 0.375. The van der Waals surface area contributed by atoms with Crippen LogP contribution < -0.4 is 10.6 Å². The van der Waals surface area contributed by atoms with Gasteiger partial charge in [-0.2, -0.15) is 0 Å². The Morgan fingerprint density at radius 3 is 2.21 bits per heavy atom. The summed E-state index contributed by atoms with van der Waals surface area (Å²) in [5.41, 5.74) is 2.85. The summed E-state index contributed by atoms with van der Waals surface area (Å²) in [6, 6.07) is 22.3. The summed E-state index contributed by atoms with van der Waals surface area (Å²) >= 11 is 0. The molecule has 0 saturated heterocycles. The highest BCUT2D eigenvalue weighted by molar-refractivity contribution is 5.99. The Labute approximate surface area is 231 Å². The monoisotopic (exact) mass is 533 g/mol. The van der Waals surface area contributed by atoms with Crippen molar-refractivity contribution in [3.8, 4) is 0 Å². The highest BCUT2D eigenvalue weighted by atomic mass is 19.1. The van der Waals surface area contributed by atoms with Crippen LogP contribution >= 0.6 is 0 Å². The van der Waals surface area contributed by atoms with E-state index < -0.39 is 12.1 Å². The second-order valence-electron chi connectivity index (χ2n) is 9.79. The molecule has 6 nitrogen and oxygen atoms in total. The minimum Gasteiger partial charge on any atom is -0.390 e. The number of hydrogen-bond donors (Lipinski definition) is 3. The van der Waals surface area contributed by atoms with Crippen LogP contribution in [-0.4, -0.2) is 60.1 Å². The lowest BCUT2D eigenvalue weighted by Crippen LogP contribution is -2.49. The van der Waals surface area contributed by atoms with Crippen LogP contribution in [-0.2, 0) is 12.8 Å². The summed E-state index contributed by atoms with van der Waals surface area (Å²) in [6.07, 6.45) is 2.02. The van der Waals surface area contributed by atoms with E-state index in [1.165, 1.54) is 12.1 Å². The Balaban J connectivity index is 1.67. The van der Waals surface area contributed by atoms with Gasteiger partial charge in [-0.3, -0.25) is 9.59 Å². The van der Waals surface area contributed by atoms with Crippen molar-refractivity contribution in [2.75, 3.05) is 26.2 Å².